The number of ether oxygens (including phenoxy) is 1. The van der Waals surface area contributed by atoms with Crippen LogP contribution in [0, 0.1) is 12.8 Å². The van der Waals surface area contributed by atoms with Gasteiger partial charge in [0.2, 0.25) is 0 Å². The van der Waals surface area contributed by atoms with Crippen LogP contribution >= 0.6 is 0 Å². The second kappa shape index (κ2) is 7.07. The molecule has 29 heavy (non-hydrogen) atoms. The number of likely N-dealkylation sites (tertiary alicyclic amines) is 2. The summed E-state index contributed by atoms with van der Waals surface area (Å²) in [4.78, 5) is 31.2. The Labute approximate surface area is 166 Å². The number of pyridine rings is 1. The number of aromatic nitrogens is 1. The van der Waals surface area contributed by atoms with Crippen molar-refractivity contribution in [2.24, 2.45) is 5.92 Å². The van der Waals surface area contributed by atoms with Gasteiger partial charge in [-0.1, -0.05) is 0 Å². The van der Waals surface area contributed by atoms with Gasteiger partial charge in [-0.25, -0.2) is 9.59 Å². The van der Waals surface area contributed by atoms with Crippen LogP contribution < -0.4 is 5.32 Å². The average Bonchev–Trinajstić information content (AvgIpc) is 3.03. The summed E-state index contributed by atoms with van der Waals surface area (Å²) in [7, 11) is 0. The molecule has 1 spiro atoms. The van der Waals surface area contributed by atoms with Crippen LogP contribution in [0.1, 0.15) is 29.7 Å². The highest BCUT2D eigenvalue weighted by Gasteiger charge is 2.52. The van der Waals surface area contributed by atoms with Crippen molar-refractivity contribution in [3.63, 3.8) is 0 Å². The second-order valence-corrected chi connectivity index (χ2v) is 8.23. The Morgan fingerprint density at radius 2 is 2.00 bits per heavy atom. The van der Waals surface area contributed by atoms with Crippen LogP contribution in [0.2, 0.25) is 0 Å². The van der Waals surface area contributed by atoms with Gasteiger partial charge in [0.1, 0.15) is 12.1 Å². The first-order valence-electron chi connectivity index (χ1n) is 9.67. The zero-order valence-electron chi connectivity index (χ0n) is 16.1. The summed E-state index contributed by atoms with van der Waals surface area (Å²) in [6.45, 7) is 3.66. The molecule has 158 valence electrons. The van der Waals surface area contributed by atoms with Gasteiger partial charge < -0.3 is 19.9 Å². The lowest BCUT2D eigenvalue weighted by atomic mass is 9.89. The number of nitrogens with one attached hydrogen (secondary N) is 1. The smallest absolute Gasteiger partial charge is 0.418 e. The van der Waals surface area contributed by atoms with Crippen LogP contribution in [0.3, 0.4) is 0 Å². The van der Waals surface area contributed by atoms with E-state index < -0.39 is 23.4 Å². The van der Waals surface area contributed by atoms with Crippen LogP contribution in [0.5, 0.6) is 0 Å². The fourth-order valence-corrected chi connectivity index (χ4v) is 4.32. The summed E-state index contributed by atoms with van der Waals surface area (Å²) in [5.41, 5.74) is -0.566. The molecule has 3 saturated heterocycles. The molecule has 1 N–H and O–H groups in total. The van der Waals surface area contributed by atoms with E-state index >= 15 is 0 Å². The molecular formula is C19H23F3N4O3. The third-order valence-electron chi connectivity index (χ3n) is 5.96. The van der Waals surface area contributed by atoms with E-state index in [-0.39, 0.29) is 24.2 Å². The molecule has 3 fully saturated rings. The maximum absolute atomic E-state index is 13.1. The molecule has 3 aliphatic rings. The minimum atomic E-state index is -4.40. The first-order valence-corrected chi connectivity index (χ1v) is 9.67. The third kappa shape index (κ3) is 3.97. The maximum Gasteiger partial charge on any atom is 0.418 e. The molecule has 4 heterocycles. The van der Waals surface area contributed by atoms with Crippen molar-refractivity contribution in [3.05, 3.63) is 29.1 Å². The van der Waals surface area contributed by atoms with Crippen molar-refractivity contribution < 1.29 is 27.5 Å². The van der Waals surface area contributed by atoms with Crippen molar-refractivity contribution in [2.75, 3.05) is 32.8 Å². The molecule has 0 saturated carbocycles. The van der Waals surface area contributed by atoms with E-state index in [0.29, 0.717) is 38.2 Å². The minimum Gasteiger partial charge on any atom is -0.447 e. The third-order valence-corrected chi connectivity index (χ3v) is 5.96. The number of hydrogen-bond acceptors (Lipinski definition) is 4. The molecule has 0 aromatic carbocycles. The Morgan fingerprint density at radius 3 is 2.59 bits per heavy atom. The monoisotopic (exact) mass is 412 g/mol. The number of alkyl carbamates (subject to hydrolysis) is 1. The molecule has 0 bridgehead atoms. The van der Waals surface area contributed by atoms with Gasteiger partial charge in [0.25, 0.3) is 0 Å². The first-order chi connectivity index (χ1) is 13.7. The number of piperidine rings is 1. The SMILES string of the molecule is Cc1ncc(CC2CCN(C(=O)N3CC4(COC(=O)N4)C3)CC2)cc1C(F)(F)F. The Bertz CT molecular complexity index is 815. The highest BCUT2D eigenvalue weighted by molar-refractivity contribution is 5.78. The molecule has 0 radical (unpaired) electrons. The highest BCUT2D eigenvalue weighted by atomic mass is 19.4. The van der Waals surface area contributed by atoms with Gasteiger partial charge in [0, 0.05) is 25.0 Å². The van der Waals surface area contributed by atoms with Crippen LogP contribution in [-0.2, 0) is 17.3 Å². The van der Waals surface area contributed by atoms with Gasteiger partial charge in [-0.05, 0) is 43.7 Å². The van der Waals surface area contributed by atoms with Crippen molar-refractivity contribution >= 4 is 12.1 Å². The standard InChI is InChI=1S/C19H23F3N4O3/c1-12-15(19(20,21)22)7-14(8-23-12)6-13-2-4-25(5-3-13)17(28)26-9-18(10-26)11-29-16(27)24-18/h7-8,13H,2-6,9-11H2,1H3,(H,24,27). The Hall–Kier alpha value is -2.52. The largest absolute Gasteiger partial charge is 0.447 e. The number of urea groups is 1. The van der Waals surface area contributed by atoms with E-state index in [1.807, 2.05) is 0 Å². The van der Waals surface area contributed by atoms with E-state index in [4.69, 9.17) is 4.74 Å². The zero-order valence-corrected chi connectivity index (χ0v) is 16.1. The Morgan fingerprint density at radius 1 is 1.31 bits per heavy atom. The van der Waals surface area contributed by atoms with Gasteiger partial charge in [-0.3, -0.25) is 4.98 Å². The topological polar surface area (TPSA) is 74.8 Å². The molecule has 3 amide bonds. The average molecular weight is 412 g/mol. The van der Waals surface area contributed by atoms with E-state index in [1.165, 1.54) is 19.2 Å². The molecule has 0 aliphatic carbocycles. The number of cyclic esters (lactones) is 1. The lowest BCUT2D eigenvalue weighted by molar-refractivity contribution is -0.138. The summed E-state index contributed by atoms with van der Waals surface area (Å²) in [5, 5.41) is 2.75. The number of halogens is 3. The quantitative estimate of drug-likeness (QED) is 0.810. The molecule has 1 aromatic heterocycles. The predicted octanol–water partition coefficient (Wildman–Crippen LogP) is 2.58. The second-order valence-electron chi connectivity index (χ2n) is 8.23. The van der Waals surface area contributed by atoms with Crippen LogP contribution in [-0.4, -0.2) is 65.2 Å². The first kappa shape index (κ1) is 19.8. The maximum atomic E-state index is 13.1. The minimum absolute atomic E-state index is 0.0159. The number of carbonyl (C=O) groups is 2. The van der Waals surface area contributed by atoms with E-state index in [1.54, 1.807) is 9.80 Å². The van der Waals surface area contributed by atoms with E-state index in [9.17, 15) is 22.8 Å². The van der Waals surface area contributed by atoms with E-state index in [2.05, 4.69) is 10.3 Å². The van der Waals surface area contributed by atoms with Gasteiger partial charge in [0.05, 0.1) is 18.7 Å². The lowest BCUT2D eigenvalue weighted by Gasteiger charge is -2.48. The van der Waals surface area contributed by atoms with Crippen molar-refractivity contribution in [1.29, 1.82) is 0 Å². The van der Waals surface area contributed by atoms with Gasteiger partial charge in [-0.2, -0.15) is 13.2 Å². The van der Waals surface area contributed by atoms with E-state index in [0.717, 1.165) is 12.8 Å². The van der Waals surface area contributed by atoms with Crippen molar-refractivity contribution in [2.45, 2.75) is 37.9 Å². The molecule has 4 rings (SSSR count). The summed E-state index contributed by atoms with van der Waals surface area (Å²) >= 11 is 0. The van der Waals surface area contributed by atoms with Gasteiger partial charge >= 0.3 is 18.3 Å². The number of rotatable bonds is 2. The number of nitrogens with zero attached hydrogens (tertiary/aromatic N) is 3. The summed E-state index contributed by atoms with van der Waals surface area (Å²) in [6.07, 6.45) is -1.34. The fourth-order valence-electron chi connectivity index (χ4n) is 4.32. The molecule has 10 heteroatoms. The highest BCUT2D eigenvalue weighted by Crippen LogP contribution is 2.33. The number of amides is 3. The lowest BCUT2D eigenvalue weighted by Crippen LogP contribution is -2.71. The van der Waals surface area contributed by atoms with Crippen molar-refractivity contribution in [1.82, 2.24) is 20.1 Å². The number of alkyl halides is 3. The molecule has 7 nitrogen and oxygen atoms in total. The normalized spacial score (nSPS) is 21.7. The van der Waals surface area contributed by atoms with Crippen LogP contribution in [0.25, 0.3) is 0 Å². The summed E-state index contributed by atoms with van der Waals surface area (Å²) < 4.78 is 44.1. The summed E-state index contributed by atoms with van der Waals surface area (Å²) in [5.74, 6) is 0.217. The molecule has 0 atom stereocenters. The number of aryl methyl sites for hydroxylation is 1. The number of hydrogen-bond donors (Lipinski definition) is 1. The molecule has 3 aliphatic heterocycles. The zero-order chi connectivity index (χ0) is 20.8. The Kier molecular flexibility index (Phi) is 4.82. The fraction of sp³-hybridized carbons (Fsp3) is 0.632. The molecule has 0 unspecified atom stereocenters. The van der Waals surface area contributed by atoms with Gasteiger partial charge in [0.15, 0.2) is 0 Å². The number of carbonyl (C=O) groups excluding carboxylic acids is 2. The molecular weight excluding hydrogens is 389 g/mol. The van der Waals surface area contributed by atoms with Crippen LogP contribution in [0.4, 0.5) is 22.8 Å². The van der Waals surface area contributed by atoms with Crippen molar-refractivity contribution in [3.8, 4) is 0 Å². The summed E-state index contributed by atoms with van der Waals surface area (Å²) in [6, 6.07) is 1.13. The molecule has 1 aromatic rings. The predicted molar refractivity (Wildman–Crippen MR) is 96.2 cm³/mol. The van der Waals surface area contributed by atoms with Gasteiger partial charge in [-0.15, -0.1) is 0 Å². The Balaban J connectivity index is 1.28. The van der Waals surface area contributed by atoms with Crippen LogP contribution in [0.15, 0.2) is 12.3 Å².